The van der Waals surface area contributed by atoms with Crippen LogP contribution in [-0.4, -0.2) is 32.0 Å². The second-order valence-electron chi connectivity index (χ2n) is 8.47. The summed E-state index contributed by atoms with van der Waals surface area (Å²) in [4.78, 5) is 37.3. The summed E-state index contributed by atoms with van der Waals surface area (Å²) in [7, 11) is 0. The van der Waals surface area contributed by atoms with Gasteiger partial charge < -0.3 is 15.6 Å². The molecule has 1 amide bonds. The van der Waals surface area contributed by atoms with E-state index in [4.69, 9.17) is 0 Å². The molecule has 0 unspecified atom stereocenters. The maximum Gasteiger partial charge on any atom is 0.293 e. The summed E-state index contributed by atoms with van der Waals surface area (Å²) in [6.45, 7) is 2.52. The fourth-order valence-corrected chi connectivity index (χ4v) is 4.20. The predicted molar refractivity (Wildman–Crippen MR) is 137 cm³/mol. The third kappa shape index (κ3) is 4.91. The molecule has 0 bridgehead atoms. The minimum Gasteiger partial charge on any atom is -0.365 e. The SMILES string of the molecule is Cc1cnc(NCCc2cccc3ccccc23)c(=O)n1CC(=O)NCc1cc2cc[nH]c2cn1. The highest BCUT2D eigenvalue weighted by molar-refractivity contribution is 5.85. The number of rotatable bonds is 8. The van der Waals surface area contributed by atoms with Crippen molar-refractivity contribution in [2.75, 3.05) is 11.9 Å². The maximum atomic E-state index is 13.0. The highest BCUT2D eigenvalue weighted by atomic mass is 16.2. The Morgan fingerprint density at radius 3 is 2.80 bits per heavy atom. The van der Waals surface area contributed by atoms with Crippen LogP contribution < -0.4 is 16.2 Å². The Kier molecular flexibility index (Phi) is 6.26. The number of aryl methyl sites for hydroxylation is 1. The molecule has 0 spiro atoms. The fourth-order valence-electron chi connectivity index (χ4n) is 4.20. The predicted octanol–water partition coefficient (Wildman–Crippen LogP) is 3.55. The largest absolute Gasteiger partial charge is 0.365 e. The van der Waals surface area contributed by atoms with Gasteiger partial charge in [0.2, 0.25) is 5.91 Å². The zero-order valence-electron chi connectivity index (χ0n) is 19.4. The molecule has 176 valence electrons. The summed E-state index contributed by atoms with van der Waals surface area (Å²) < 4.78 is 1.44. The van der Waals surface area contributed by atoms with E-state index in [9.17, 15) is 9.59 Å². The van der Waals surface area contributed by atoms with Crippen LogP contribution in [0.3, 0.4) is 0 Å². The number of aromatic nitrogens is 4. The number of nitrogens with one attached hydrogen (secondary N) is 3. The van der Waals surface area contributed by atoms with Gasteiger partial charge in [0.15, 0.2) is 5.82 Å². The summed E-state index contributed by atoms with van der Waals surface area (Å²) in [6, 6.07) is 18.3. The molecular formula is C27H26N6O2. The van der Waals surface area contributed by atoms with Crippen LogP contribution in [0.2, 0.25) is 0 Å². The van der Waals surface area contributed by atoms with Crippen molar-refractivity contribution in [2.45, 2.75) is 26.4 Å². The van der Waals surface area contributed by atoms with Crippen molar-refractivity contribution < 1.29 is 4.79 Å². The number of hydrogen-bond donors (Lipinski definition) is 3. The van der Waals surface area contributed by atoms with E-state index in [-0.39, 0.29) is 30.4 Å². The van der Waals surface area contributed by atoms with Crippen LogP contribution in [0.15, 0.2) is 78.0 Å². The second-order valence-corrected chi connectivity index (χ2v) is 8.47. The van der Waals surface area contributed by atoms with E-state index in [2.05, 4.69) is 49.9 Å². The average molecular weight is 467 g/mol. The van der Waals surface area contributed by atoms with Gasteiger partial charge in [-0.1, -0.05) is 42.5 Å². The Balaban J connectivity index is 1.22. The van der Waals surface area contributed by atoms with Gasteiger partial charge in [0.1, 0.15) is 6.54 Å². The molecule has 8 nitrogen and oxygen atoms in total. The van der Waals surface area contributed by atoms with E-state index in [1.807, 2.05) is 36.5 Å². The quantitative estimate of drug-likeness (QED) is 0.324. The van der Waals surface area contributed by atoms with Crippen LogP contribution in [0.4, 0.5) is 5.82 Å². The number of nitrogens with zero attached hydrogens (tertiary/aromatic N) is 3. The van der Waals surface area contributed by atoms with Crippen molar-refractivity contribution in [3.05, 3.63) is 100 Å². The number of aromatic amines is 1. The Hall–Kier alpha value is -4.46. The lowest BCUT2D eigenvalue weighted by molar-refractivity contribution is -0.121. The van der Waals surface area contributed by atoms with Crippen LogP contribution in [0, 0.1) is 6.92 Å². The molecule has 3 heterocycles. The van der Waals surface area contributed by atoms with Gasteiger partial charge in [-0.3, -0.25) is 19.1 Å². The normalized spacial score (nSPS) is 11.1. The number of pyridine rings is 1. The molecule has 5 aromatic rings. The number of benzene rings is 2. The first kappa shape index (κ1) is 22.3. The third-order valence-corrected chi connectivity index (χ3v) is 6.08. The van der Waals surface area contributed by atoms with Gasteiger partial charge in [0.25, 0.3) is 5.56 Å². The lowest BCUT2D eigenvalue weighted by atomic mass is 10.0. The topological polar surface area (TPSA) is 105 Å². The number of hydrogen-bond acceptors (Lipinski definition) is 5. The Morgan fingerprint density at radius 2 is 1.89 bits per heavy atom. The molecular weight excluding hydrogens is 440 g/mol. The van der Waals surface area contributed by atoms with E-state index in [0.29, 0.717) is 12.2 Å². The standard InChI is InChI=1S/C27H26N6O2/c1-18-14-32-26(29-12-9-20-7-4-6-19-5-2-3-8-23(19)20)27(35)33(18)17-25(34)31-15-22-13-21-10-11-28-24(21)16-30-22/h2-8,10-11,13-14,16,28H,9,12,15,17H2,1H3,(H,29,32)(H,31,34). The summed E-state index contributed by atoms with van der Waals surface area (Å²) in [5.74, 6) is -0.0257. The van der Waals surface area contributed by atoms with Crippen LogP contribution in [0.25, 0.3) is 21.7 Å². The lowest BCUT2D eigenvalue weighted by Crippen LogP contribution is -2.34. The minimum absolute atomic E-state index is 0.0857. The van der Waals surface area contributed by atoms with Crippen molar-refractivity contribution in [1.29, 1.82) is 0 Å². The molecule has 0 saturated carbocycles. The molecule has 2 aromatic carbocycles. The molecule has 0 fully saturated rings. The van der Waals surface area contributed by atoms with Crippen LogP contribution in [-0.2, 0) is 24.3 Å². The van der Waals surface area contributed by atoms with Gasteiger partial charge in [-0.2, -0.15) is 0 Å². The smallest absolute Gasteiger partial charge is 0.293 e. The number of H-pyrrole nitrogens is 1. The first-order valence-electron chi connectivity index (χ1n) is 11.5. The molecule has 3 aromatic heterocycles. The molecule has 0 saturated heterocycles. The molecule has 8 heteroatoms. The minimum atomic E-state index is -0.315. The van der Waals surface area contributed by atoms with Gasteiger partial charge >= 0.3 is 0 Å². The average Bonchev–Trinajstić information content (AvgIpc) is 3.35. The van der Waals surface area contributed by atoms with Crippen molar-refractivity contribution in [3.8, 4) is 0 Å². The van der Waals surface area contributed by atoms with Crippen molar-refractivity contribution in [1.82, 2.24) is 24.8 Å². The Morgan fingerprint density at radius 1 is 1.03 bits per heavy atom. The van der Waals surface area contributed by atoms with E-state index < -0.39 is 0 Å². The number of fused-ring (bicyclic) bond motifs is 2. The highest BCUT2D eigenvalue weighted by Crippen LogP contribution is 2.19. The second kappa shape index (κ2) is 9.80. The van der Waals surface area contributed by atoms with Crippen molar-refractivity contribution >= 4 is 33.4 Å². The monoisotopic (exact) mass is 466 g/mol. The highest BCUT2D eigenvalue weighted by Gasteiger charge is 2.12. The van der Waals surface area contributed by atoms with Crippen LogP contribution in [0.1, 0.15) is 17.0 Å². The summed E-state index contributed by atoms with van der Waals surface area (Å²) in [5, 5.41) is 9.42. The molecule has 3 N–H and O–H groups in total. The van der Waals surface area contributed by atoms with Gasteiger partial charge in [0.05, 0.1) is 24.0 Å². The summed E-state index contributed by atoms with van der Waals surface area (Å²) >= 11 is 0. The maximum absolute atomic E-state index is 13.0. The first-order chi connectivity index (χ1) is 17.1. The third-order valence-electron chi connectivity index (χ3n) is 6.08. The number of carbonyl (C=O) groups excluding carboxylic acids is 1. The molecule has 35 heavy (non-hydrogen) atoms. The zero-order valence-corrected chi connectivity index (χ0v) is 19.4. The number of anilines is 1. The zero-order chi connectivity index (χ0) is 24.2. The molecule has 0 aliphatic rings. The van der Waals surface area contributed by atoms with Crippen molar-refractivity contribution in [3.63, 3.8) is 0 Å². The van der Waals surface area contributed by atoms with Gasteiger partial charge in [-0.05, 0) is 41.8 Å². The first-order valence-corrected chi connectivity index (χ1v) is 11.5. The summed E-state index contributed by atoms with van der Waals surface area (Å²) in [5.41, 5.74) is 3.20. The number of amides is 1. The van der Waals surface area contributed by atoms with E-state index in [1.165, 1.54) is 20.9 Å². The molecule has 0 radical (unpaired) electrons. The molecule has 0 atom stereocenters. The van der Waals surface area contributed by atoms with Gasteiger partial charge in [-0.15, -0.1) is 0 Å². The van der Waals surface area contributed by atoms with Crippen molar-refractivity contribution in [2.24, 2.45) is 0 Å². The fraction of sp³-hybridized carbons (Fsp3) is 0.185. The van der Waals surface area contributed by atoms with Gasteiger partial charge in [-0.25, -0.2) is 4.98 Å². The summed E-state index contributed by atoms with van der Waals surface area (Å²) in [6.07, 6.45) is 5.94. The molecule has 5 rings (SSSR count). The molecule has 0 aliphatic carbocycles. The Bertz CT molecular complexity index is 1560. The lowest BCUT2D eigenvalue weighted by Gasteiger charge is -2.13. The van der Waals surface area contributed by atoms with Gasteiger partial charge in [0, 0.05) is 30.0 Å². The van der Waals surface area contributed by atoms with E-state index in [0.717, 1.165) is 23.0 Å². The van der Waals surface area contributed by atoms with Crippen LogP contribution in [0.5, 0.6) is 0 Å². The number of carbonyl (C=O) groups is 1. The molecule has 0 aliphatic heterocycles. The van der Waals surface area contributed by atoms with E-state index in [1.54, 1.807) is 19.3 Å². The van der Waals surface area contributed by atoms with Crippen LogP contribution >= 0.6 is 0 Å². The Labute approximate surface area is 202 Å². The van der Waals surface area contributed by atoms with E-state index >= 15 is 0 Å².